The molecule has 26 heavy (non-hydrogen) atoms. The Labute approximate surface area is 161 Å². The number of terminal acetylenes is 1. The number of allylic oxidation sites excluding steroid dienone is 3. The van der Waals surface area contributed by atoms with E-state index >= 15 is 0 Å². The van der Waals surface area contributed by atoms with Gasteiger partial charge in [-0.3, -0.25) is 4.79 Å². The summed E-state index contributed by atoms with van der Waals surface area (Å²) in [6, 6.07) is 7.66. The van der Waals surface area contributed by atoms with Gasteiger partial charge in [-0.15, -0.1) is 6.42 Å². The first-order chi connectivity index (χ1) is 12.6. The van der Waals surface area contributed by atoms with Crippen molar-refractivity contribution >= 4 is 39.8 Å². The third-order valence-electron chi connectivity index (χ3n) is 4.21. The normalized spacial score (nSPS) is 15.6. The molecule has 132 valence electrons. The predicted molar refractivity (Wildman–Crippen MR) is 109 cm³/mol. The Kier molecular flexibility index (Phi) is 5.50. The second-order valence-corrected chi connectivity index (χ2v) is 8.34. The summed E-state index contributed by atoms with van der Waals surface area (Å²) in [6.45, 7) is 1.92. The Bertz CT molecular complexity index is 900. The number of amides is 1. The molecular weight excluding hydrogens is 362 g/mol. The molecule has 1 amide bonds. The van der Waals surface area contributed by atoms with E-state index in [0.717, 1.165) is 33.2 Å². The zero-order chi connectivity index (χ0) is 18.6. The van der Waals surface area contributed by atoms with Gasteiger partial charge in [0, 0.05) is 10.6 Å². The van der Waals surface area contributed by atoms with Crippen molar-refractivity contribution in [2.45, 2.75) is 28.9 Å². The van der Waals surface area contributed by atoms with Gasteiger partial charge in [-0.1, -0.05) is 35.1 Å². The molecule has 1 heterocycles. The highest BCUT2D eigenvalue weighted by atomic mass is 32.2. The minimum atomic E-state index is -0.474. The Hall–Kier alpha value is -2.49. The molecule has 0 radical (unpaired) electrons. The fourth-order valence-corrected chi connectivity index (χ4v) is 4.52. The molecule has 0 saturated heterocycles. The molecular formula is C20H19N3OS2. The maximum absolute atomic E-state index is 12.8. The van der Waals surface area contributed by atoms with Crippen molar-refractivity contribution in [3.63, 3.8) is 0 Å². The maximum atomic E-state index is 12.8. The molecule has 1 saturated carbocycles. The van der Waals surface area contributed by atoms with Crippen LogP contribution in [0.15, 0.2) is 63.4 Å². The molecule has 0 bridgehead atoms. The lowest BCUT2D eigenvalue weighted by Gasteiger charge is -2.15. The van der Waals surface area contributed by atoms with E-state index in [-0.39, 0.29) is 5.91 Å². The third kappa shape index (κ3) is 4.01. The number of nitrogen functional groups attached to an aromatic ring is 1. The molecule has 1 aromatic carbocycles. The lowest BCUT2D eigenvalue weighted by molar-refractivity contribution is -0.119. The number of rotatable bonds is 6. The van der Waals surface area contributed by atoms with E-state index in [0.29, 0.717) is 5.13 Å². The van der Waals surface area contributed by atoms with Crippen LogP contribution in [0.2, 0.25) is 0 Å². The Morgan fingerprint density at radius 2 is 2.15 bits per heavy atom. The van der Waals surface area contributed by atoms with Gasteiger partial charge in [-0.05, 0) is 61.8 Å². The predicted octanol–water partition coefficient (Wildman–Crippen LogP) is 4.73. The number of thiazole rings is 1. The van der Waals surface area contributed by atoms with Crippen molar-refractivity contribution < 1.29 is 4.79 Å². The van der Waals surface area contributed by atoms with Crippen molar-refractivity contribution in [2.24, 2.45) is 5.41 Å². The first-order valence-electron chi connectivity index (χ1n) is 8.17. The van der Waals surface area contributed by atoms with Crippen LogP contribution in [0.25, 0.3) is 0 Å². The lowest BCUT2D eigenvalue weighted by atomic mass is 9.94. The number of nitrogens with one attached hydrogen (secondary N) is 1. The second-order valence-electron chi connectivity index (χ2n) is 5.94. The van der Waals surface area contributed by atoms with Crippen LogP contribution in [0.5, 0.6) is 0 Å². The fraction of sp³-hybridized carbons (Fsp3) is 0.200. The molecule has 3 N–H and O–H groups in total. The molecule has 1 fully saturated rings. The van der Waals surface area contributed by atoms with Crippen molar-refractivity contribution in [1.29, 1.82) is 0 Å². The van der Waals surface area contributed by atoms with Crippen LogP contribution in [-0.4, -0.2) is 10.9 Å². The Balaban J connectivity index is 1.67. The molecule has 1 aliphatic carbocycles. The van der Waals surface area contributed by atoms with Crippen molar-refractivity contribution in [3.8, 4) is 12.3 Å². The second kappa shape index (κ2) is 7.81. The highest BCUT2D eigenvalue weighted by Gasteiger charge is 2.51. The summed E-state index contributed by atoms with van der Waals surface area (Å²) in [4.78, 5) is 18.2. The van der Waals surface area contributed by atoms with E-state index in [2.05, 4.69) is 16.2 Å². The number of hydrogen-bond donors (Lipinski definition) is 2. The smallest absolute Gasteiger partial charge is 0.236 e. The van der Waals surface area contributed by atoms with Crippen LogP contribution in [-0.2, 0) is 4.79 Å². The van der Waals surface area contributed by atoms with Gasteiger partial charge >= 0.3 is 0 Å². The minimum Gasteiger partial charge on any atom is -0.399 e. The number of nitrogens with zero attached hydrogens (tertiary/aromatic N) is 1. The van der Waals surface area contributed by atoms with E-state index in [9.17, 15) is 4.79 Å². The summed E-state index contributed by atoms with van der Waals surface area (Å²) in [5, 5.41) is 3.57. The van der Waals surface area contributed by atoms with Gasteiger partial charge < -0.3 is 11.1 Å². The number of hydrogen-bond acceptors (Lipinski definition) is 5. The molecule has 6 heteroatoms. The molecule has 0 aliphatic heterocycles. The number of nitrogens with two attached hydrogens (primary N) is 1. The largest absolute Gasteiger partial charge is 0.399 e. The number of benzene rings is 1. The van der Waals surface area contributed by atoms with E-state index in [4.69, 9.17) is 12.2 Å². The van der Waals surface area contributed by atoms with Crippen molar-refractivity contribution in [2.75, 3.05) is 11.1 Å². The lowest BCUT2D eigenvalue weighted by Crippen LogP contribution is -2.25. The molecule has 0 unspecified atom stereocenters. The topological polar surface area (TPSA) is 68.0 Å². The molecule has 2 aromatic rings. The molecule has 1 aromatic heterocycles. The SMILES string of the molecule is C#C/C=C\C(=C/C)C1(C(=O)Nc2ncc(Sc3ccc(N)cc3)s2)CC1. The zero-order valence-corrected chi connectivity index (χ0v) is 16.0. The van der Waals surface area contributed by atoms with Crippen molar-refractivity contribution in [3.05, 3.63) is 54.3 Å². The van der Waals surface area contributed by atoms with Gasteiger partial charge in [0.2, 0.25) is 5.91 Å². The van der Waals surface area contributed by atoms with Crippen LogP contribution < -0.4 is 11.1 Å². The van der Waals surface area contributed by atoms with Crippen LogP contribution in [0.4, 0.5) is 10.8 Å². The van der Waals surface area contributed by atoms with E-state index in [1.807, 2.05) is 43.3 Å². The highest BCUT2D eigenvalue weighted by Crippen LogP contribution is 2.53. The van der Waals surface area contributed by atoms with Crippen LogP contribution >= 0.6 is 23.1 Å². The van der Waals surface area contributed by atoms with Gasteiger partial charge in [0.05, 0.1) is 15.8 Å². The molecule has 3 rings (SSSR count). The van der Waals surface area contributed by atoms with Crippen LogP contribution in [0, 0.1) is 17.8 Å². The minimum absolute atomic E-state index is 0.0225. The summed E-state index contributed by atoms with van der Waals surface area (Å²) in [5.41, 5.74) is 6.93. The fourth-order valence-electron chi connectivity index (χ4n) is 2.67. The van der Waals surface area contributed by atoms with E-state index < -0.39 is 5.41 Å². The third-order valence-corrected chi connectivity index (χ3v) is 6.23. The van der Waals surface area contributed by atoms with Crippen LogP contribution in [0.1, 0.15) is 19.8 Å². The maximum Gasteiger partial charge on any atom is 0.236 e. The van der Waals surface area contributed by atoms with Gasteiger partial charge in [0.25, 0.3) is 0 Å². The molecule has 0 atom stereocenters. The summed E-state index contributed by atoms with van der Waals surface area (Å²) in [7, 11) is 0. The average molecular weight is 382 g/mol. The summed E-state index contributed by atoms with van der Waals surface area (Å²) < 4.78 is 1.01. The number of aromatic nitrogens is 1. The Morgan fingerprint density at radius 3 is 2.77 bits per heavy atom. The molecule has 1 aliphatic rings. The quantitative estimate of drug-likeness (QED) is 0.431. The first kappa shape index (κ1) is 18.3. The zero-order valence-electron chi connectivity index (χ0n) is 14.4. The van der Waals surface area contributed by atoms with Gasteiger partial charge in [0.1, 0.15) is 0 Å². The van der Waals surface area contributed by atoms with Gasteiger partial charge in [-0.25, -0.2) is 4.98 Å². The number of anilines is 2. The summed E-state index contributed by atoms with van der Waals surface area (Å²) in [6.07, 6.45) is 14.1. The molecule has 4 nitrogen and oxygen atoms in total. The Morgan fingerprint density at radius 1 is 1.42 bits per heavy atom. The van der Waals surface area contributed by atoms with E-state index in [1.165, 1.54) is 11.3 Å². The van der Waals surface area contributed by atoms with Crippen molar-refractivity contribution in [1.82, 2.24) is 4.98 Å². The summed E-state index contributed by atoms with van der Waals surface area (Å²) >= 11 is 3.05. The number of carbonyl (C=O) groups excluding carboxylic acids is 1. The standard InChI is InChI=1S/C20H19N3OS2/c1-3-5-6-14(4-2)20(11-12-20)18(24)23-19-22-13-17(26-19)25-16-9-7-15(21)8-10-16/h1,4-10,13H,11-12,21H2,2H3,(H,22,23,24)/b6-5-,14-4+. The average Bonchev–Trinajstić information content (AvgIpc) is 3.33. The van der Waals surface area contributed by atoms with E-state index in [1.54, 1.807) is 24.0 Å². The van der Waals surface area contributed by atoms with Gasteiger partial charge in [-0.2, -0.15) is 0 Å². The highest BCUT2D eigenvalue weighted by molar-refractivity contribution is 8.01. The number of carbonyl (C=O) groups is 1. The first-order valence-corrected chi connectivity index (χ1v) is 9.81. The monoisotopic (exact) mass is 381 g/mol. The van der Waals surface area contributed by atoms with Crippen LogP contribution in [0.3, 0.4) is 0 Å². The summed E-state index contributed by atoms with van der Waals surface area (Å²) in [5.74, 6) is 2.45. The van der Waals surface area contributed by atoms with Gasteiger partial charge in [0.15, 0.2) is 5.13 Å². The molecule has 0 spiro atoms.